The van der Waals surface area contributed by atoms with Crippen molar-refractivity contribution >= 4 is 18.6 Å². The van der Waals surface area contributed by atoms with E-state index >= 15 is 0 Å². The number of hydrogen-bond donors (Lipinski definition) is 2. The van der Waals surface area contributed by atoms with Crippen molar-refractivity contribution in [3.63, 3.8) is 0 Å². The maximum Gasteiger partial charge on any atom is 0.343 e. The first-order chi connectivity index (χ1) is 16.0. The number of carboxylic acids is 1. The normalized spacial score (nSPS) is 23.6. The third-order valence-electron chi connectivity index (χ3n) is 5.64. The zero-order valence-electron chi connectivity index (χ0n) is 18.7. The molecule has 1 saturated heterocycles. The van der Waals surface area contributed by atoms with Gasteiger partial charge in [-0.3, -0.25) is 9.79 Å². The fourth-order valence-corrected chi connectivity index (χ4v) is 3.97. The Balaban J connectivity index is 0.00000149. The molecule has 0 saturated carbocycles. The highest BCUT2D eigenvalue weighted by molar-refractivity contribution is 5.96. The van der Waals surface area contributed by atoms with Crippen molar-refractivity contribution in [2.45, 2.75) is 37.7 Å². The Bertz CT molecular complexity index is 949. The number of carbonyl (C=O) groups excluding carboxylic acids is 1. The van der Waals surface area contributed by atoms with Crippen LogP contribution in [-0.4, -0.2) is 83.6 Å². The number of carbonyl (C=O) groups is 2. The van der Waals surface area contributed by atoms with Crippen LogP contribution in [0, 0.1) is 5.92 Å². The van der Waals surface area contributed by atoms with E-state index in [-0.39, 0.29) is 37.0 Å². The first-order valence-electron chi connectivity index (χ1n) is 10.7. The predicted molar refractivity (Wildman–Crippen MR) is 119 cm³/mol. The van der Waals surface area contributed by atoms with Crippen LogP contribution in [0.4, 0.5) is 0 Å². The van der Waals surface area contributed by atoms with Gasteiger partial charge in [0, 0.05) is 31.2 Å². The van der Waals surface area contributed by atoms with Crippen molar-refractivity contribution in [2.75, 3.05) is 26.8 Å². The predicted octanol–water partition coefficient (Wildman–Crippen LogP) is 1.63. The van der Waals surface area contributed by atoms with Crippen LogP contribution in [-0.2, 0) is 25.5 Å². The van der Waals surface area contributed by atoms with Gasteiger partial charge in [0.05, 0.1) is 32.0 Å². The number of rotatable bonds is 9. The van der Waals surface area contributed by atoms with E-state index in [1.54, 1.807) is 12.4 Å². The van der Waals surface area contributed by atoms with Crippen molar-refractivity contribution in [2.24, 2.45) is 10.9 Å². The van der Waals surface area contributed by atoms with Crippen LogP contribution in [0.3, 0.4) is 0 Å². The number of ether oxygens (including phenoxy) is 2. The van der Waals surface area contributed by atoms with E-state index in [0.717, 1.165) is 25.8 Å². The first kappa shape index (κ1) is 24.6. The molecular formula is C23H29N3O7. The molecule has 1 aromatic carbocycles. The lowest BCUT2D eigenvalue weighted by atomic mass is 9.99. The van der Waals surface area contributed by atoms with E-state index in [9.17, 15) is 14.7 Å². The zero-order valence-corrected chi connectivity index (χ0v) is 18.7. The fraction of sp³-hybridized carbons (Fsp3) is 0.478. The summed E-state index contributed by atoms with van der Waals surface area (Å²) in [4.78, 5) is 30.1. The third-order valence-corrected chi connectivity index (χ3v) is 5.64. The summed E-state index contributed by atoms with van der Waals surface area (Å²) < 4.78 is 17.0. The molecular weight excluding hydrogens is 430 g/mol. The minimum Gasteiger partial charge on any atom is -0.479 e. The summed E-state index contributed by atoms with van der Waals surface area (Å²) in [5.41, 5.74) is -0.688. The van der Waals surface area contributed by atoms with Crippen LogP contribution in [0.25, 0.3) is 11.3 Å². The van der Waals surface area contributed by atoms with Crippen molar-refractivity contribution in [1.82, 2.24) is 10.1 Å². The molecule has 3 heterocycles. The quantitative estimate of drug-likeness (QED) is 0.424. The molecule has 33 heavy (non-hydrogen) atoms. The minimum atomic E-state index is -2.08. The molecule has 0 amide bonds. The second kappa shape index (κ2) is 11.2. The molecule has 1 aromatic heterocycles. The van der Waals surface area contributed by atoms with Crippen LogP contribution in [0.2, 0.25) is 0 Å². The fourth-order valence-electron chi connectivity index (χ4n) is 3.97. The number of benzene rings is 1. The molecule has 4 rings (SSSR count). The summed E-state index contributed by atoms with van der Waals surface area (Å²) in [5, 5.41) is 20.8. The Labute approximate surface area is 191 Å². The van der Waals surface area contributed by atoms with Crippen molar-refractivity contribution in [1.29, 1.82) is 0 Å². The Hall–Kier alpha value is -3.08. The summed E-state index contributed by atoms with van der Waals surface area (Å²) in [6, 6.07) is 11.0. The van der Waals surface area contributed by atoms with E-state index in [0.29, 0.717) is 18.4 Å². The molecule has 178 valence electrons. The molecule has 0 aliphatic carbocycles. The van der Waals surface area contributed by atoms with Crippen LogP contribution >= 0.6 is 0 Å². The van der Waals surface area contributed by atoms with E-state index in [4.69, 9.17) is 19.1 Å². The van der Waals surface area contributed by atoms with Gasteiger partial charge in [-0.15, -0.1) is 0 Å². The van der Waals surface area contributed by atoms with Crippen LogP contribution in [0.1, 0.15) is 19.1 Å². The van der Waals surface area contributed by atoms with Gasteiger partial charge in [-0.1, -0.05) is 42.4 Å². The van der Waals surface area contributed by atoms with E-state index in [1.807, 2.05) is 35.2 Å². The van der Waals surface area contributed by atoms with Gasteiger partial charge in [0.1, 0.15) is 17.7 Å². The smallest absolute Gasteiger partial charge is 0.343 e. The van der Waals surface area contributed by atoms with E-state index in [1.165, 1.54) is 0 Å². The Morgan fingerprint density at radius 1 is 1.33 bits per heavy atom. The maximum atomic E-state index is 12.0. The molecule has 1 fully saturated rings. The number of aldehydes is 1. The number of nitrogens with zero attached hydrogens (tertiary/aromatic N) is 3. The molecule has 0 bridgehead atoms. The molecule has 10 nitrogen and oxygen atoms in total. The number of aliphatic hydroxyl groups excluding tert-OH is 1. The van der Waals surface area contributed by atoms with E-state index in [2.05, 4.69) is 17.1 Å². The minimum absolute atomic E-state index is 0.0173. The average Bonchev–Trinajstić information content (AvgIpc) is 3.60. The topological polar surface area (TPSA) is 135 Å². The number of aliphatic hydroxyl groups is 1. The largest absolute Gasteiger partial charge is 0.479 e. The summed E-state index contributed by atoms with van der Waals surface area (Å²) >= 11 is 0. The molecule has 0 radical (unpaired) electrons. The van der Waals surface area contributed by atoms with Gasteiger partial charge in [-0.2, -0.15) is 0 Å². The van der Waals surface area contributed by atoms with Crippen molar-refractivity contribution in [3.8, 4) is 11.3 Å². The zero-order chi connectivity index (χ0) is 23.8. The molecule has 4 unspecified atom stereocenters. The summed E-state index contributed by atoms with van der Waals surface area (Å²) in [7, 11) is 1.00. The maximum absolute atomic E-state index is 12.0. The van der Waals surface area contributed by atoms with Crippen molar-refractivity contribution < 1.29 is 33.8 Å². The molecule has 2 aliphatic rings. The van der Waals surface area contributed by atoms with E-state index < -0.39 is 11.6 Å². The highest BCUT2D eigenvalue weighted by Crippen LogP contribution is 2.30. The average molecular weight is 459 g/mol. The van der Waals surface area contributed by atoms with Gasteiger partial charge < -0.3 is 29.1 Å². The number of aliphatic carboxylic acids is 1. The van der Waals surface area contributed by atoms with Gasteiger partial charge in [0.25, 0.3) is 0 Å². The summed E-state index contributed by atoms with van der Waals surface area (Å²) in [5.74, 6) is -0.897. The van der Waals surface area contributed by atoms with Gasteiger partial charge in [0.2, 0.25) is 5.60 Å². The van der Waals surface area contributed by atoms with Crippen LogP contribution in [0.15, 0.2) is 45.9 Å². The molecule has 4 atom stereocenters. The number of hydrogen-bond acceptors (Lipinski definition) is 9. The lowest BCUT2D eigenvalue weighted by molar-refractivity contribution is -0.173. The summed E-state index contributed by atoms with van der Waals surface area (Å²) in [6.07, 6.45) is 2.08. The SMILES string of the molecule is CC1CC(COC(C=O)(Cc2cc(-c3ccccc3)no2)C(=O)O)OC1N1C=NCC1.CO. The number of aliphatic imine (C=N–C) groups is 1. The van der Waals surface area contributed by atoms with Gasteiger partial charge in [-0.25, -0.2) is 4.79 Å². The standard InChI is InChI=1S/C22H25N3O6.CH4O/c1-15-9-18(30-20(15)25-8-7-23-14-25)12-29-22(13-26,21(27)28)11-17-10-19(24-31-17)16-5-3-2-4-6-16;1-2/h2-6,10,13-15,18,20H,7-9,11-12H2,1H3,(H,27,28);2H,1H3. The molecule has 2 aliphatic heterocycles. The highest BCUT2D eigenvalue weighted by atomic mass is 16.6. The number of carboxylic acid groups (broad SMARTS) is 1. The molecule has 0 spiro atoms. The Morgan fingerprint density at radius 3 is 2.73 bits per heavy atom. The second-order valence-electron chi connectivity index (χ2n) is 7.97. The molecule has 2 N–H and O–H groups in total. The molecule has 10 heteroatoms. The van der Waals surface area contributed by atoms with Crippen molar-refractivity contribution in [3.05, 3.63) is 42.2 Å². The van der Waals surface area contributed by atoms with Gasteiger partial charge in [0.15, 0.2) is 6.29 Å². The highest BCUT2D eigenvalue weighted by Gasteiger charge is 2.44. The lowest BCUT2D eigenvalue weighted by Crippen LogP contribution is -2.47. The lowest BCUT2D eigenvalue weighted by Gasteiger charge is -2.27. The monoisotopic (exact) mass is 459 g/mol. The van der Waals surface area contributed by atoms with Gasteiger partial charge in [-0.05, 0) is 6.42 Å². The summed E-state index contributed by atoms with van der Waals surface area (Å²) in [6.45, 7) is 3.59. The van der Waals surface area contributed by atoms with Gasteiger partial charge >= 0.3 is 5.97 Å². The van der Waals surface area contributed by atoms with Crippen LogP contribution < -0.4 is 0 Å². The third kappa shape index (κ3) is 5.65. The molecule has 2 aromatic rings. The first-order valence-corrected chi connectivity index (χ1v) is 10.7. The van der Waals surface area contributed by atoms with Crippen LogP contribution in [0.5, 0.6) is 0 Å². The Morgan fingerprint density at radius 2 is 2.09 bits per heavy atom. The number of aromatic nitrogens is 1. The Kier molecular flexibility index (Phi) is 8.32. The second-order valence-corrected chi connectivity index (χ2v) is 7.97.